The van der Waals surface area contributed by atoms with Crippen molar-refractivity contribution in [3.63, 3.8) is 0 Å². The van der Waals surface area contributed by atoms with Crippen LogP contribution in [-0.2, 0) is 11.4 Å². The summed E-state index contributed by atoms with van der Waals surface area (Å²) in [4.78, 5) is 14.8. The van der Waals surface area contributed by atoms with Gasteiger partial charge in [0.15, 0.2) is 41.1 Å². The summed E-state index contributed by atoms with van der Waals surface area (Å²) in [6.45, 7) is 0.0204. The van der Waals surface area contributed by atoms with E-state index in [1.165, 1.54) is 6.33 Å². The molecule has 1 atom stereocenters. The smallest absolute Gasteiger partial charge is 0.228 e. The quantitative estimate of drug-likeness (QED) is 0.193. The highest BCUT2D eigenvalue weighted by Gasteiger charge is 2.34. The highest BCUT2D eigenvalue weighted by Crippen LogP contribution is 2.49. The van der Waals surface area contributed by atoms with Gasteiger partial charge in [-0.05, 0) is 42.0 Å². The lowest BCUT2D eigenvalue weighted by atomic mass is 9.83. The third-order valence-corrected chi connectivity index (χ3v) is 6.85. The molecule has 0 radical (unpaired) electrons. The van der Waals surface area contributed by atoms with Gasteiger partial charge in [0, 0.05) is 23.1 Å². The van der Waals surface area contributed by atoms with E-state index < -0.39 is 0 Å². The van der Waals surface area contributed by atoms with E-state index in [0.717, 1.165) is 16.7 Å². The van der Waals surface area contributed by atoms with E-state index in [1.807, 2.05) is 30.3 Å². The molecule has 1 unspecified atom stereocenters. The van der Waals surface area contributed by atoms with Gasteiger partial charge >= 0.3 is 0 Å². The molecule has 3 heterocycles. The van der Waals surface area contributed by atoms with E-state index in [4.69, 9.17) is 33.5 Å². The molecule has 0 spiro atoms. The summed E-state index contributed by atoms with van der Waals surface area (Å²) < 4.78 is 29.3. The number of hydrogen-bond donors (Lipinski definition) is 1. The van der Waals surface area contributed by atoms with Gasteiger partial charge in [-0.3, -0.25) is 0 Å². The first-order chi connectivity index (χ1) is 20.5. The average Bonchev–Trinajstić information content (AvgIpc) is 3.44. The molecule has 0 saturated heterocycles. The van der Waals surface area contributed by atoms with Crippen LogP contribution in [0, 0.1) is 0 Å². The number of ether oxygens (including phenoxy) is 5. The van der Waals surface area contributed by atoms with Crippen LogP contribution in [0.15, 0.2) is 66.1 Å². The number of aromatic hydroxyl groups is 1. The molecule has 0 fully saturated rings. The molecule has 0 bridgehead atoms. The Hall–Kier alpha value is -5.52. The molecule has 1 N–H and O–H groups in total. The first kappa shape index (κ1) is 26.7. The van der Waals surface area contributed by atoms with Gasteiger partial charge in [0.05, 0.1) is 40.2 Å². The summed E-state index contributed by atoms with van der Waals surface area (Å²) >= 11 is 0. The SMILES string of the molecule is COc1ccc(/C=N/OCc2nc3c4c(ncn3n2)Oc2cc(O)ccc2C4c2ccc(OC)c(OC)c2)cc1OC. The minimum absolute atomic E-state index is 0.0204. The lowest BCUT2D eigenvalue weighted by Crippen LogP contribution is -2.15. The van der Waals surface area contributed by atoms with Crippen molar-refractivity contribution in [3.05, 3.63) is 89.0 Å². The molecule has 12 nitrogen and oxygen atoms in total. The number of rotatable bonds is 9. The van der Waals surface area contributed by atoms with Crippen molar-refractivity contribution < 1.29 is 33.6 Å². The molecule has 2 aromatic heterocycles. The van der Waals surface area contributed by atoms with Crippen LogP contribution in [0.5, 0.6) is 40.4 Å². The van der Waals surface area contributed by atoms with E-state index in [9.17, 15) is 5.11 Å². The molecule has 214 valence electrons. The third kappa shape index (κ3) is 4.83. The van der Waals surface area contributed by atoms with Gasteiger partial charge in [-0.15, -0.1) is 5.10 Å². The van der Waals surface area contributed by atoms with E-state index in [2.05, 4.69) is 15.2 Å². The summed E-state index contributed by atoms with van der Waals surface area (Å²) in [5, 5.41) is 18.7. The van der Waals surface area contributed by atoms with Gasteiger partial charge in [-0.25, -0.2) is 14.5 Å². The van der Waals surface area contributed by atoms with Crippen molar-refractivity contribution in [3.8, 4) is 40.4 Å². The van der Waals surface area contributed by atoms with Crippen LogP contribution in [0.1, 0.15) is 34.0 Å². The fraction of sp³-hybridized carbons (Fsp3) is 0.200. The number of phenols is 1. The predicted octanol–water partition coefficient (Wildman–Crippen LogP) is 4.70. The van der Waals surface area contributed by atoms with Gasteiger partial charge < -0.3 is 33.6 Å². The monoisotopic (exact) mass is 569 g/mol. The zero-order valence-corrected chi connectivity index (χ0v) is 23.3. The molecule has 0 aliphatic carbocycles. The zero-order chi connectivity index (χ0) is 29.2. The lowest BCUT2D eigenvalue weighted by molar-refractivity contribution is 0.126. The number of methoxy groups -OCH3 is 4. The van der Waals surface area contributed by atoms with E-state index in [0.29, 0.717) is 51.7 Å². The molecule has 6 rings (SSSR count). The first-order valence-electron chi connectivity index (χ1n) is 12.9. The Morgan fingerprint density at radius 3 is 2.40 bits per heavy atom. The van der Waals surface area contributed by atoms with Gasteiger partial charge in [0.1, 0.15) is 17.8 Å². The summed E-state index contributed by atoms with van der Waals surface area (Å²) in [6, 6.07) is 16.1. The van der Waals surface area contributed by atoms with Crippen LogP contribution < -0.4 is 23.7 Å². The van der Waals surface area contributed by atoms with Crippen molar-refractivity contribution in [1.82, 2.24) is 19.6 Å². The number of aromatic nitrogens is 4. The second kappa shape index (κ2) is 11.2. The Labute approximate surface area is 240 Å². The molecular weight excluding hydrogens is 542 g/mol. The Balaban J connectivity index is 1.34. The maximum atomic E-state index is 10.1. The van der Waals surface area contributed by atoms with Crippen LogP contribution >= 0.6 is 0 Å². The van der Waals surface area contributed by atoms with Crippen LogP contribution in [-0.4, -0.2) is 59.3 Å². The minimum atomic E-state index is -0.360. The molecule has 0 saturated carbocycles. The Morgan fingerprint density at radius 1 is 0.905 bits per heavy atom. The summed E-state index contributed by atoms with van der Waals surface area (Å²) in [5.41, 5.74) is 3.73. The lowest BCUT2D eigenvalue weighted by Gasteiger charge is -2.28. The first-order valence-corrected chi connectivity index (χ1v) is 12.9. The van der Waals surface area contributed by atoms with Gasteiger partial charge in [-0.2, -0.15) is 0 Å². The molecule has 12 heteroatoms. The molecular formula is C30H27N5O7. The Bertz CT molecular complexity index is 1800. The van der Waals surface area contributed by atoms with Crippen LogP contribution in [0.2, 0.25) is 0 Å². The number of benzene rings is 3. The minimum Gasteiger partial charge on any atom is -0.508 e. The molecule has 3 aromatic carbocycles. The maximum Gasteiger partial charge on any atom is 0.228 e. The van der Waals surface area contributed by atoms with E-state index >= 15 is 0 Å². The second-order valence-corrected chi connectivity index (χ2v) is 9.25. The normalized spacial score (nSPS) is 13.8. The fourth-order valence-corrected chi connectivity index (χ4v) is 4.91. The van der Waals surface area contributed by atoms with Crippen molar-refractivity contribution in [1.29, 1.82) is 0 Å². The van der Waals surface area contributed by atoms with Crippen molar-refractivity contribution in [2.45, 2.75) is 12.5 Å². The van der Waals surface area contributed by atoms with Crippen LogP contribution in [0.3, 0.4) is 0 Å². The highest BCUT2D eigenvalue weighted by atomic mass is 16.6. The summed E-state index contributed by atoms with van der Waals surface area (Å²) in [6.07, 6.45) is 3.09. The topological polar surface area (TPSA) is 131 Å². The Kier molecular flexibility index (Phi) is 7.09. The van der Waals surface area contributed by atoms with E-state index in [1.54, 1.807) is 63.4 Å². The van der Waals surface area contributed by atoms with Gasteiger partial charge in [0.2, 0.25) is 5.88 Å². The number of hydrogen-bond acceptors (Lipinski definition) is 11. The zero-order valence-electron chi connectivity index (χ0n) is 23.3. The predicted molar refractivity (Wildman–Crippen MR) is 151 cm³/mol. The van der Waals surface area contributed by atoms with Crippen LogP contribution in [0.25, 0.3) is 5.65 Å². The molecule has 5 aromatic rings. The van der Waals surface area contributed by atoms with Gasteiger partial charge in [0.25, 0.3) is 0 Å². The number of phenolic OH excluding ortho intramolecular Hbond substituents is 1. The molecule has 1 aliphatic rings. The van der Waals surface area contributed by atoms with Crippen molar-refractivity contribution >= 4 is 11.9 Å². The number of fused-ring (bicyclic) bond motifs is 4. The van der Waals surface area contributed by atoms with Crippen LogP contribution in [0.4, 0.5) is 0 Å². The maximum absolute atomic E-state index is 10.1. The molecule has 0 amide bonds. The summed E-state index contributed by atoms with van der Waals surface area (Å²) in [5.74, 6) is 3.36. The molecule has 42 heavy (non-hydrogen) atoms. The fourth-order valence-electron chi connectivity index (χ4n) is 4.91. The number of nitrogens with zero attached hydrogens (tertiary/aromatic N) is 5. The average molecular weight is 570 g/mol. The van der Waals surface area contributed by atoms with Gasteiger partial charge in [-0.1, -0.05) is 17.3 Å². The summed E-state index contributed by atoms with van der Waals surface area (Å²) in [7, 11) is 6.32. The highest BCUT2D eigenvalue weighted by molar-refractivity contribution is 5.80. The van der Waals surface area contributed by atoms with Crippen molar-refractivity contribution in [2.75, 3.05) is 28.4 Å². The number of oxime groups is 1. The third-order valence-electron chi connectivity index (χ3n) is 6.85. The largest absolute Gasteiger partial charge is 0.508 e. The Morgan fingerprint density at radius 2 is 1.64 bits per heavy atom. The standard InChI is InChI=1S/C30H27N5O7/c1-37-21-9-5-17(11-24(21)39-3)14-32-41-15-26-33-29-28-27(18-6-10-22(38-2)25(12-18)40-4)20-8-7-19(36)13-23(20)42-30(28)31-16-35(29)34-26/h5-14,16,27,36H,15H2,1-4H3/b32-14+. The molecule has 1 aliphatic heterocycles. The second-order valence-electron chi connectivity index (χ2n) is 9.25. The van der Waals surface area contributed by atoms with Crippen molar-refractivity contribution in [2.24, 2.45) is 5.16 Å². The van der Waals surface area contributed by atoms with E-state index in [-0.39, 0.29) is 18.3 Å².